The van der Waals surface area contributed by atoms with Crippen molar-refractivity contribution < 1.29 is 19.4 Å². The van der Waals surface area contributed by atoms with E-state index in [0.29, 0.717) is 29.0 Å². The molecule has 0 spiro atoms. The van der Waals surface area contributed by atoms with Crippen LogP contribution in [0.3, 0.4) is 0 Å². The Morgan fingerprint density at radius 2 is 1.50 bits per heavy atom. The van der Waals surface area contributed by atoms with Crippen LogP contribution < -0.4 is 4.74 Å². The third-order valence-electron chi connectivity index (χ3n) is 5.55. The Kier molecular flexibility index (Phi) is 4.45. The number of nitrogens with zero attached hydrogens (tertiary/aromatic N) is 1. The number of aliphatic hydroxyl groups excluding tert-OH is 1. The molecule has 30 heavy (non-hydrogen) atoms. The van der Waals surface area contributed by atoms with Crippen molar-refractivity contribution in [1.29, 1.82) is 0 Å². The second-order valence-corrected chi connectivity index (χ2v) is 7.35. The lowest BCUT2D eigenvalue weighted by molar-refractivity contribution is 0.0419. The first-order chi connectivity index (χ1) is 14.6. The van der Waals surface area contributed by atoms with Gasteiger partial charge in [-0.15, -0.1) is 0 Å². The fourth-order valence-electron chi connectivity index (χ4n) is 4.07. The second kappa shape index (κ2) is 7.28. The first-order valence-corrected chi connectivity index (χ1v) is 9.78. The van der Waals surface area contributed by atoms with Crippen LogP contribution in [0.2, 0.25) is 0 Å². The van der Waals surface area contributed by atoms with E-state index in [9.17, 15) is 14.7 Å². The van der Waals surface area contributed by atoms with E-state index >= 15 is 0 Å². The highest BCUT2D eigenvalue weighted by molar-refractivity contribution is 6.21. The summed E-state index contributed by atoms with van der Waals surface area (Å²) in [6.45, 7) is 0.353. The molecule has 0 unspecified atom stereocenters. The molecule has 5 heteroatoms. The van der Waals surface area contributed by atoms with Crippen molar-refractivity contribution in [1.82, 2.24) is 4.90 Å². The monoisotopic (exact) mass is 397 g/mol. The Morgan fingerprint density at radius 1 is 0.833 bits per heavy atom. The van der Waals surface area contributed by atoms with E-state index in [-0.39, 0.29) is 0 Å². The molecule has 1 aliphatic heterocycles. The molecule has 5 nitrogen and oxygen atoms in total. The summed E-state index contributed by atoms with van der Waals surface area (Å²) < 4.78 is 6.01. The number of fused-ring (bicyclic) bond motifs is 2. The SMILES string of the molecule is O=C1c2ccccc2C(=O)N1[C@H]1C=Cc2cccc(OCc3ccccc3)c2[C@H]1O. The minimum Gasteiger partial charge on any atom is -0.488 e. The molecule has 0 fully saturated rings. The molecule has 0 saturated carbocycles. The molecular formula is C25H19NO4. The van der Waals surface area contributed by atoms with Gasteiger partial charge in [-0.1, -0.05) is 66.7 Å². The Bertz CT molecular complexity index is 1130. The van der Waals surface area contributed by atoms with Gasteiger partial charge in [-0.25, -0.2) is 0 Å². The number of ether oxygens (including phenoxy) is 1. The van der Waals surface area contributed by atoms with E-state index in [1.165, 1.54) is 0 Å². The number of hydrogen-bond acceptors (Lipinski definition) is 4. The molecule has 3 aromatic rings. The van der Waals surface area contributed by atoms with E-state index in [2.05, 4.69) is 0 Å². The summed E-state index contributed by atoms with van der Waals surface area (Å²) in [5.41, 5.74) is 3.12. The van der Waals surface area contributed by atoms with Crippen LogP contribution in [-0.2, 0) is 6.61 Å². The van der Waals surface area contributed by atoms with Crippen molar-refractivity contribution >= 4 is 17.9 Å². The summed E-state index contributed by atoms with van der Waals surface area (Å²) in [5, 5.41) is 11.2. The first kappa shape index (κ1) is 18.3. The van der Waals surface area contributed by atoms with Gasteiger partial charge in [0.15, 0.2) is 0 Å². The van der Waals surface area contributed by atoms with Crippen LogP contribution in [0.25, 0.3) is 6.08 Å². The summed E-state index contributed by atoms with van der Waals surface area (Å²) in [7, 11) is 0. The number of benzene rings is 3. The summed E-state index contributed by atoms with van der Waals surface area (Å²) in [6.07, 6.45) is 2.44. The minimum atomic E-state index is -1.08. The zero-order valence-corrected chi connectivity index (χ0v) is 16.1. The van der Waals surface area contributed by atoms with Gasteiger partial charge in [0.1, 0.15) is 18.5 Å². The van der Waals surface area contributed by atoms with E-state index in [1.54, 1.807) is 36.4 Å². The van der Waals surface area contributed by atoms with Crippen molar-refractivity contribution in [3.8, 4) is 5.75 Å². The molecule has 2 atom stereocenters. The number of aliphatic hydroxyl groups is 1. The van der Waals surface area contributed by atoms with Crippen LogP contribution in [0.5, 0.6) is 5.75 Å². The highest BCUT2D eigenvalue weighted by Gasteiger charge is 2.43. The van der Waals surface area contributed by atoms with Crippen molar-refractivity contribution in [3.63, 3.8) is 0 Å². The molecule has 1 heterocycles. The van der Waals surface area contributed by atoms with Crippen molar-refractivity contribution in [2.24, 2.45) is 0 Å². The maximum Gasteiger partial charge on any atom is 0.262 e. The lowest BCUT2D eigenvalue weighted by atomic mass is 9.89. The average molecular weight is 397 g/mol. The van der Waals surface area contributed by atoms with E-state index in [0.717, 1.165) is 16.0 Å². The lowest BCUT2D eigenvalue weighted by Crippen LogP contribution is -2.43. The average Bonchev–Trinajstić information content (AvgIpc) is 3.04. The Balaban J connectivity index is 1.46. The second-order valence-electron chi connectivity index (χ2n) is 7.35. The largest absolute Gasteiger partial charge is 0.488 e. The highest BCUT2D eigenvalue weighted by atomic mass is 16.5. The Labute approximate surface area is 173 Å². The van der Waals surface area contributed by atoms with Gasteiger partial charge in [0.25, 0.3) is 11.8 Å². The molecule has 1 N–H and O–H groups in total. The smallest absolute Gasteiger partial charge is 0.262 e. The number of carbonyl (C=O) groups excluding carboxylic acids is 2. The van der Waals surface area contributed by atoms with E-state index in [1.807, 2.05) is 48.5 Å². The summed E-state index contributed by atoms with van der Waals surface area (Å²) in [6, 6.07) is 21.2. The zero-order valence-electron chi connectivity index (χ0n) is 16.1. The van der Waals surface area contributed by atoms with Gasteiger partial charge >= 0.3 is 0 Å². The van der Waals surface area contributed by atoms with Crippen molar-refractivity contribution in [2.45, 2.75) is 18.8 Å². The first-order valence-electron chi connectivity index (χ1n) is 9.78. The van der Waals surface area contributed by atoms with Gasteiger partial charge in [0.05, 0.1) is 17.2 Å². The highest BCUT2D eigenvalue weighted by Crippen LogP contribution is 2.39. The fourth-order valence-corrected chi connectivity index (χ4v) is 4.07. The van der Waals surface area contributed by atoms with Crippen molar-refractivity contribution in [3.05, 3.63) is 107 Å². The Hall–Kier alpha value is -3.70. The van der Waals surface area contributed by atoms with Crippen LogP contribution in [0.15, 0.2) is 78.9 Å². The third-order valence-corrected chi connectivity index (χ3v) is 5.55. The molecule has 0 saturated heterocycles. The maximum atomic E-state index is 12.9. The quantitative estimate of drug-likeness (QED) is 0.676. The summed E-state index contributed by atoms with van der Waals surface area (Å²) in [5.74, 6) is -0.249. The molecular weight excluding hydrogens is 378 g/mol. The van der Waals surface area contributed by atoms with Crippen LogP contribution in [-0.4, -0.2) is 27.9 Å². The number of carbonyl (C=O) groups is 2. The Morgan fingerprint density at radius 3 is 2.20 bits per heavy atom. The number of hydrogen-bond donors (Lipinski definition) is 1. The molecule has 148 valence electrons. The predicted molar refractivity (Wildman–Crippen MR) is 112 cm³/mol. The molecule has 0 bridgehead atoms. The molecule has 5 rings (SSSR count). The van der Waals surface area contributed by atoms with Gasteiger partial charge in [-0.05, 0) is 29.3 Å². The maximum absolute atomic E-state index is 12.9. The minimum absolute atomic E-state index is 0.353. The van der Waals surface area contributed by atoms with Gasteiger partial charge in [0.2, 0.25) is 0 Å². The van der Waals surface area contributed by atoms with Gasteiger partial charge in [-0.2, -0.15) is 0 Å². The fraction of sp³-hybridized carbons (Fsp3) is 0.120. The topological polar surface area (TPSA) is 66.8 Å². The van der Waals surface area contributed by atoms with Gasteiger partial charge in [-0.3, -0.25) is 14.5 Å². The predicted octanol–water partition coefficient (Wildman–Crippen LogP) is 3.99. The van der Waals surface area contributed by atoms with Crippen LogP contribution in [0, 0.1) is 0 Å². The van der Waals surface area contributed by atoms with Crippen LogP contribution >= 0.6 is 0 Å². The molecule has 2 amide bonds. The van der Waals surface area contributed by atoms with Gasteiger partial charge in [0, 0.05) is 5.56 Å². The van der Waals surface area contributed by atoms with Crippen LogP contribution in [0.1, 0.15) is 43.5 Å². The van der Waals surface area contributed by atoms with Crippen LogP contribution in [0.4, 0.5) is 0 Å². The normalized spacial score (nSPS) is 19.6. The van der Waals surface area contributed by atoms with Crippen molar-refractivity contribution in [2.75, 3.05) is 0 Å². The summed E-state index contributed by atoms with van der Waals surface area (Å²) in [4.78, 5) is 26.9. The molecule has 1 aliphatic carbocycles. The molecule has 0 aromatic heterocycles. The van der Waals surface area contributed by atoms with E-state index in [4.69, 9.17) is 4.74 Å². The molecule has 2 aliphatic rings. The number of rotatable bonds is 4. The van der Waals surface area contributed by atoms with Gasteiger partial charge < -0.3 is 9.84 Å². The zero-order chi connectivity index (χ0) is 20.7. The lowest BCUT2D eigenvalue weighted by Gasteiger charge is -2.32. The summed E-state index contributed by atoms with van der Waals surface area (Å²) >= 11 is 0. The standard InChI is InChI=1S/C25H19NO4/c27-23-20(26-24(28)18-10-4-5-11-19(18)25(26)29)14-13-17-9-6-12-21(22(17)23)30-15-16-7-2-1-3-8-16/h1-14,20,23,27H,15H2/t20-,23-/m0/s1. The molecule has 0 radical (unpaired) electrons. The third kappa shape index (κ3) is 2.91. The molecule has 3 aromatic carbocycles. The number of imide groups is 1. The number of amides is 2. The van der Waals surface area contributed by atoms with E-state index < -0.39 is 24.0 Å².